The molecule has 0 spiro atoms. The molecule has 0 saturated heterocycles. The van der Waals surface area contributed by atoms with E-state index in [1.165, 1.54) is 6.26 Å². The zero-order valence-electron chi connectivity index (χ0n) is 15.3. The maximum atomic E-state index is 12.0. The molecule has 2 aliphatic rings. The molecule has 0 bridgehead atoms. The Labute approximate surface area is 159 Å². The molecule has 1 saturated carbocycles. The second kappa shape index (κ2) is 7.00. The van der Waals surface area contributed by atoms with Gasteiger partial charge in [0.05, 0.1) is 11.4 Å². The number of para-hydroxylation sites is 1. The number of nitrogens with one attached hydrogen (secondary N) is 1. The SMILES string of the molecule is CS(=O)(=O)c1ccc(-c2cccc3c2OC(CNC(=O)C2CCC2)C3)cc1. The number of sulfone groups is 1. The fourth-order valence-electron chi connectivity index (χ4n) is 3.59. The van der Waals surface area contributed by atoms with Crippen molar-refractivity contribution in [3.05, 3.63) is 48.0 Å². The van der Waals surface area contributed by atoms with E-state index < -0.39 is 9.84 Å². The van der Waals surface area contributed by atoms with Crippen molar-refractivity contribution in [2.24, 2.45) is 5.92 Å². The van der Waals surface area contributed by atoms with Gasteiger partial charge in [-0.05, 0) is 36.1 Å². The van der Waals surface area contributed by atoms with Crippen molar-refractivity contribution >= 4 is 15.7 Å². The standard InChI is InChI=1S/C21H23NO4S/c1-27(24,25)18-10-8-14(9-11-18)19-7-3-6-16-12-17(26-20(16)19)13-22-21(23)15-4-2-5-15/h3,6-11,15,17H,2,4-5,12-13H2,1H3,(H,22,23). The zero-order chi connectivity index (χ0) is 19.0. The minimum Gasteiger partial charge on any atom is -0.487 e. The van der Waals surface area contributed by atoms with Crippen LogP contribution >= 0.6 is 0 Å². The predicted molar refractivity (Wildman–Crippen MR) is 103 cm³/mol. The van der Waals surface area contributed by atoms with Gasteiger partial charge in [-0.2, -0.15) is 0 Å². The van der Waals surface area contributed by atoms with Crippen molar-refractivity contribution in [1.29, 1.82) is 0 Å². The summed E-state index contributed by atoms with van der Waals surface area (Å²) < 4.78 is 29.4. The Kier molecular flexibility index (Phi) is 4.68. The van der Waals surface area contributed by atoms with Crippen LogP contribution in [0.2, 0.25) is 0 Å². The molecule has 2 aromatic rings. The van der Waals surface area contributed by atoms with Crippen molar-refractivity contribution in [1.82, 2.24) is 5.32 Å². The first-order valence-electron chi connectivity index (χ1n) is 9.28. The summed E-state index contributed by atoms with van der Waals surface area (Å²) in [6.45, 7) is 0.510. The highest BCUT2D eigenvalue weighted by atomic mass is 32.2. The van der Waals surface area contributed by atoms with Gasteiger partial charge < -0.3 is 10.1 Å². The number of carbonyl (C=O) groups excluding carboxylic acids is 1. The Balaban J connectivity index is 1.49. The van der Waals surface area contributed by atoms with E-state index in [-0.39, 0.29) is 17.9 Å². The third kappa shape index (κ3) is 3.72. The van der Waals surface area contributed by atoms with E-state index in [2.05, 4.69) is 5.32 Å². The summed E-state index contributed by atoms with van der Waals surface area (Å²) in [4.78, 5) is 12.3. The van der Waals surface area contributed by atoms with Crippen molar-refractivity contribution in [2.75, 3.05) is 12.8 Å². The number of ether oxygens (including phenoxy) is 1. The quantitative estimate of drug-likeness (QED) is 0.859. The number of hydrogen-bond donors (Lipinski definition) is 1. The number of amides is 1. The Hall–Kier alpha value is -2.34. The smallest absolute Gasteiger partial charge is 0.223 e. The Bertz CT molecular complexity index is 962. The summed E-state index contributed by atoms with van der Waals surface area (Å²) in [6.07, 6.45) is 5.02. The average molecular weight is 385 g/mol. The molecule has 142 valence electrons. The molecule has 0 aromatic heterocycles. The molecule has 1 aliphatic carbocycles. The molecule has 4 rings (SSSR count). The van der Waals surface area contributed by atoms with Crippen LogP contribution in [0, 0.1) is 5.92 Å². The molecule has 1 N–H and O–H groups in total. The van der Waals surface area contributed by atoms with Crippen LogP contribution in [0.5, 0.6) is 5.75 Å². The van der Waals surface area contributed by atoms with Gasteiger partial charge in [-0.1, -0.05) is 36.8 Å². The van der Waals surface area contributed by atoms with Gasteiger partial charge in [0.25, 0.3) is 0 Å². The summed E-state index contributed by atoms with van der Waals surface area (Å²) in [5.41, 5.74) is 2.97. The molecule has 1 heterocycles. The molecule has 1 fully saturated rings. The average Bonchev–Trinajstić information content (AvgIpc) is 3.01. The van der Waals surface area contributed by atoms with Crippen molar-refractivity contribution in [3.63, 3.8) is 0 Å². The first kappa shape index (κ1) is 18.0. The van der Waals surface area contributed by atoms with E-state index in [0.29, 0.717) is 11.4 Å². The highest BCUT2D eigenvalue weighted by Crippen LogP contribution is 2.39. The summed E-state index contributed by atoms with van der Waals surface area (Å²) in [5.74, 6) is 1.14. The number of fused-ring (bicyclic) bond motifs is 1. The van der Waals surface area contributed by atoms with Gasteiger partial charge >= 0.3 is 0 Å². The van der Waals surface area contributed by atoms with E-state index in [1.54, 1.807) is 24.3 Å². The van der Waals surface area contributed by atoms with Crippen molar-refractivity contribution in [3.8, 4) is 16.9 Å². The summed E-state index contributed by atoms with van der Waals surface area (Å²) >= 11 is 0. The predicted octanol–water partition coefficient (Wildman–Crippen LogP) is 2.98. The lowest BCUT2D eigenvalue weighted by molar-refractivity contribution is -0.127. The van der Waals surface area contributed by atoms with Crippen LogP contribution in [0.15, 0.2) is 47.4 Å². The Morgan fingerprint density at radius 1 is 1.15 bits per heavy atom. The number of rotatable bonds is 5. The van der Waals surface area contributed by atoms with Crippen molar-refractivity contribution in [2.45, 2.75) is 36.7 Å². The van der Waals surface area contributed by atoms with Crippen LogP contribution in [0.25, 0.3) is 11.1 Å². The van der Waals surface area contributed by atoms with Gasteiger partial charge in [-0.3, -0.25) is 4.79 Å². The van der Waals surface area contributed by atoms with Gasteiger partial charge in [-0.15, -0.1) is 0 Å². The molecule has 27 heavy (non-hydrogen) atoms. The summed E-state index contributed by atoms with van der Waals surface area (Å²) in [5, 5.41) is 3.01. The third-order valence-corrected chi connectivity index (χ3v) is 6.53. The number of hydrogen-bond acceptors (Lipinski definition) is 4. The lowest BCUT2D eigenvalue weighted by Gasteiger charge is -2.24. The molecule has 2 aromatic carbocycles. The van der Waals surface area contributed by atoms with Gasteiger partial charge in [0.15, 0.2) is 9.84 Å². The highest BCUT2D eigenvalue weighted by molar-refractivity contribution is 7.90. The molecule has 1 unspecified atom stereocenters. The minimum atomic E-state index is -3.21. The van der Waals surface area contributed by atoms with Gasteiger partial charge in [0.1, 0.15) is 11.9 Å². The van der Waals surface area contributed by atoms with Crippen LogP contribution in [0.4, 0.5) is 0 Å². The van der Waals surface area contributed by atoms with Crippen LogP contribution < -0.4 is 10.1 Å². The minimum absolute atomic E-state index is 0.0690. The van der Waals surface area contributed by atoms with Gasteiger partial charge in [-0.25, -0.2) is 8.42 Å². The van der Waals surface area contributed by atoms with E-state index in [9.17, 15) is 13.2 Å². The fraction of sp³-hybridized carbons (Fsp3) is 0.381. The molecule has 1 amide bonds. The lowest BCUT2D eigenvalue weighted by Crippen LogP contribution is -2.40. The van der Waals surface area contributed by atoms with Crippen LogP contribution in [-0.2, 0) is 21.1 Å². The first-order chi connectivity index (χ1) is 12.9. The molecule has 1 atom stereocenters. The van der Waals surface area contributed by atoms with E-state index >= 15 is 0 Å². The Morgan fingerprint density at radius 2 is 1.89 bits per heavy atom. The van der Waals surface area contributed by atoms with Crippen LogP contribution in [0.1, 0.15) is 24.8 Å². The topological polar surface area (TPSA) is 72.5 Å². The van der Waals surface area contributed by atoms with E-state index in [0.717, 1.165) is 48.1 Å². The van der Waals surface area contributed by atoms with Crippen LogP contribution in [-0.4, -0.2) is 33.2 Å². The van der Waals surface area contributed by atoms with E-state index in [1.807, 2.05) is 18.2 Å². The highest BCUT2D eigenvalue weighted by Gasteiger charge is 2.29. The molecule has 0 radical (unpaired) electrons. The Morgan fingerprint density at radius 3 is 2.52 bits per heavy atom. The zero-order valence-corrected chi connectivity index (χ0v) is 16.1. The largest absolute Gasteiger partial charge is 0.487 e. The molecule has 6 heteroatoms. The first-order valence-corrected chi connectivity index (χ1v) is 11.2. The van der Waals surface area contributed by atoms with Gasteiger partial charge in [0, 0.05) is 24.2 Å². The maximum Gasteiger partial charge on any atom is 0.223 e. The van der Waals surface area contributed by atoms with Gasteiger partial charge in [0.2, 0.25) is 5.91 Å². The number of benzene rings is 2. The molecule has 1 aliphatic heterocycles. The lowest BCUT2D eigenvalue weighted by atomic mass is 9.85. The molecule has 5 nitrogen and oxygen atoms in total. The second-order valence-electron chi connectivity index (χ2n) is 7.41. The maximum absolute atomic E-state index is 12.0. The van der Waals surface area contributed by atoms with E-state index in [4.69, 9.17) is 4.74 Å². The monoisotopic (exact) mass is 385 g/mol. The fourth-order valence-corrected chi connectivity index (χ4v) is 4.22. The van der Waals surface area contributed by atoms with Crippen molar-refractivity contribution < 1.29 is 17.9 Å². The third-order valence-electron chi connectivity index (χ3n) is 5.40. The second-order valence-corrected chi connectivity index (χ2v) is 9.42. The normalized spacial score (nSPS) is 19.1. The van der Waals surface area contributed by atoms with Crippen LogP contribution in [0.3, 0.4) is 0 Å². The summed E-state index contributed by atoms with van der Waals surface area (Å²) in [7, 11) is -3.21. The molecular weight excluding hydrogens is 362 g/mol. The molecular formula is C21H23NO4S. The summed E-state index contributed by atoms with van der Waals surface area (Å²) in [6, 6.07) is 12.9. The number of carbonyl (C=O) groups is 1.